The topological polar surface area (TPSA) is 3.24 Å². The van der Waals surface area contributed by atoms with Crippen LogP contribution in [0.3, 0.4) is 0 Å². The van der Waals surface area contributed by atoms with Gasteiger partial charge in [-0.1, -0.05) is 32.0 Å². The van der Waals surface area contributed by atoms with Crippen LogP contribution >= 0.6 is 11.8 Å². The summed E-state index contributed by atoms with van der Waals surface area (Å²) in [5.74, 6) is 3.01. The van der Waals surface area contributed by atoms with Crippen molar-refractivity contribution in [3.8, 4) is 0 Å². The van der Waals surface area contributed by atoms with Crippen molar-refractivity contribution in [1.29, 1.82) is 0 Å². The van der Waals surface area contributed by atoms with E-state index in [2.05, 4.69) is 49.1 Å². The molecule has 2 heteroatoms. The lowest BCUT2D eigenvalue weighted by atomic mass is 9.92. The second-order valence-electron chi connectivity index (χ2n) is 5.72. The quantitative estimate of drug-likeness (QED) is 0.580. The minimum absolute atomic E-state index is 0.885. The second-order valence-corrected chi connectivity index (χ2v) is 6.89. The first-order chi connectivity index (χ1) is 8.74. The SMILES string of the molecule is C[C@@H]1C[C@@H](C)CN(CCCSc2ccccc2)C1. The second kappa shape index (κ2) is 7.20. The molecule has 2 rings (SSSR count). The molecule has 1 saturated heterocycles. The predicted octanol–water partition coefficient (Wildman–Crippen LogP) is 4.15. The molecular weight excluding hydrogens is 238 g/mol. The van der Waals surface area contributed by atoms with Gasteiger partial charge in [0.1, 0.15) is 0 Å². The van der Waals surface area contributed by atoms with Gasteiger partial charge in [0, 0.05) is 18.0 Å². The molecule has 100 valence electrons. The van der Waals surface area contributed by atoms with Crippen LogP contribution in [0, 0.1) is 11.8 Å². The van der Waals surface area contributed by atoms with Gasteiger partial charge in [0.05, 0.1) is 0 Å². The molecule has 0 N–H and O–H groups in total. The summed E-state index contributed by atoms with van der Waals surface area (Å²) in [5.41, 5.74) is 0. The molecular formula is C16H25NS. The third kappa shape index (κ3) is 4.66. The van der Waals surface area contributed by atoms with Crippen molar-refractivity contribution in [3.63, 3.8) is 0 Å². The lowest BCUT2D eigenvalue weighted by Gasteiger charge is -2.34. The van der Waals surface area contributed by atoms with Crippen LogP contribution in [0.5, 0.6) is 0 Å². The van der Waals surface area contributed by atoms with Crippen LogP contribution in [0.4, 0.5) is 0 Å². The van der Waals surface area contributed by atoms with Gasteiger partial charge in [-0.3, -0.25) is 0 Å². The molecule has 0 spiro atoms. The zero-order valence-corrected chi connectivity index (χ0v) is 12.5. The molecule has 0 unspecified atom stereocenters. The molecule has 0 aromatic heterocycles. The van der Waals surface area contributed by atoms with Crippen molar-refractivity contribution >= 4 is 11.8 Å². The van der Waals surface area contributed by atoms with Crippen LogP contribution in [0.15, 0.2) is 35.2 Å². The van der Waals surface area contributed by atoms with Crippen molar-refractivity contribution < 1.29 is 0 Å². The third-order valence-electron chi connectivity index (χ3n) is 3.58. The Morgan fingerprint density at radius 3 is 2.44 bits per heavy atom. The third-order valence-corrected chi connectivity index (χ3v) is 4.67. The van der Waals surface area contributed by atoms with Crippen LogP contribution < -0.4 is 0 Å². The van der Waals surface area contributed by atoms with Gasteiger partial charge in [-0.15, -0.1) is 11.8 Å². The number of likely N-dealkylation sites (tertiary alicyclic amines) is 1. The number of hydrogen-bond acceptors (Lipinski definition) is 2. The lowest BCUT2D eigenvalue weighted by Crippen LogP contribution is -2.39. The van der Waals surface area contributed by atoms with Crippen molar-refractivity contribution in [2.45, 2.75) is 31.6 Å². The smallest absolute Gasteiger partial charge is 0.00719 e. The van der Waals surface area contributed by atoms with E-state index in [0.717, 1.165) is 11.8 Å². The highest BCUT2D eigenvalue weighted by molar-refractivity contribution is 7.99. The van der Waals surface area contributed by atoms with Crippen molar-refractivity contribution in [1.82, 2.24) is 4.90 Å². The minimum Gasteiger partial charge on any atom is -0.303 e. The van der Waals surface area contributed by atoms with Gasteiger partial charge in [0.15, 0.2) is 0 Å². The van der Waals surface area contributed by atoms with E-state index in [1.165, 1.54) is 43.1 Å². The van der Waals surface area contributed by atoms with Crippen LogP contribution in [-0.2, 0) is 0 Å². The van der Waals surface area contributed by atoms with E-state index in [1.807, 2.05) is 11.8 Å². The number of benzene rings is 1. The molecule has 1 aromatic rings. The Morgan fingerprint density at radius 1 is 1.11 bits per heavy atom. The van der Waals surface area contributed by atoms with Crippen LogP contribution in [0.2, 0.25) is 0 Å². The first kappa shape index (κ1) is 14.0. The number of rotatable bonds is 5. The average Bonchev–Trinajstić information content (AvgIpc) is 2.35. The summed E-state index contributed by atoms with van der Waals surface area (Å²) >= 11 is 1.98. The van der Waals surface area contributed by atoms with Crippen molar-refractivity contribution in [2.24, 2.45) is 11.8 Å². The van der Waals surface area contributed by atoms with E-state index in [0.29, 0.717) is 0 Å². The van der Waals surface area contributed by atoms with Gasteiger partial charge >= 0.3 is 0 Å². The molecule has 0 bridgehead atoms. The summed E-state index contributed by atoms with van der Waals surface area (Å²) in [4.78, 5) is 4.06. The van der Waals surface area contributed by atoms with Crippen molar-refractivity contribution in [2.75, 3.05) is 25.4 Å². The maximum absolute atomic E-state index is 2.66. The van der Waals surface area contributed by atoms with Crippen LogP contribution in [-0.4, -0.2) is 30.3 Å². The van der Waals surface area contributed by atoms with Crippen molar-refractivity contribution in [3.05, 3.63) is 30.3 Å². The maximum Gasteiger partial charge on any atom is 0.00719 e. The highest BCUT2D eigenvalue weighted by atomic mass is 32.2. The largest absolute Gasteiger partial charge is 0.303 e. The number of piperidine rings is 1. The zero-order valence-electron chi connectivity index (χ0n) is 11.6. The standard InChI is InChI=1S/C16H25NS/c1-14-11-15(2)13-17(12-14)9-6-10-18-16-7-4-3-5-8-16/h3-5,7-8,14-15H,6,9-13H2,1-2H3/t14-,15-/m1/s1. The number of nitrogens with zero attached hydrogens (tertiary/aromatic N) is 1. The van der Waals surface area contributed by atoms with E-state index in [9.17, 15) is 0 Å². The molecule has 0 amide bonds. The monoisotopic (exact) mass is 263 g/mol. The fraction of sp³-hybridized carbons (Fsp3) is 0.625. The van der Waals surface area contributed by atoms with E-state index in [4.69, 9.17) is 0 Å². The molecule has 1 heterocycles. The molecule has 18 heavy (non-hydrogen) atoms. The summed E-state index contributed by atoms with van der Waals surface area (Å²) in [5, 5.41) is 0. The van der Waals surface area contributed by atoms with Gasteiger partial charge in [0.25, 0.3) is 0 Å². The van der Waals surface area contributed by atoms with Crippen LogP contribution in [0.1, 0.15) is 26.7 Å². The normalized spacial score (nSPS) is 25.2. The molecule has 1 aliphatic heterocycles. The highest BCUT2D eigenvalue weighted by Crippen LogP contribution is 2.22. The van der Waals surface area contributed by atoms with Gasteiger partial charge in [0.2, 0.25) is 0 Å². The van der Waals surface area contributed by atoms with Crippen LogP contribution in [0.25, 0.3) is 0 Å². The van der Waals surface area contributed by atoms with E-state index >= 15 is 0 Å². The Labute approximate surface area is 116 Å². The molecule has 0 saturated carbocycles. The average molecular weight is 263 g/mol. The number of hydrogen-bond donors (Lipinski definition) is 0. The first-order valence-corrected chi connectivity index (χ1v) is 8.13. The summed E-state index contributed by atoms with van der Waals surface area (Å²) < 4.78 is 0. The Morgan fingerprint density at radius 2 is 1.78 bits per heavy atom. The Balaban J connectivity index is 1.63. The maximum atomic E-state index is 2.66. The Kier molecular flexibility index (Phi) is 5.58. The van der Waals surface area contributed by atoms with Gasteiger partial charge in [-0.25, -0.2) is 0 Å². The van der Waals surface area contributed by atoms with E-state index < -0.39 is 0 Å². The van der Waals surface area contributed by atoms with Gasteiger partial charge in [-0.2, -0.15) is 0 Å². The molecule has 2 atom stereocenters. The summed E-state index contributed by atoms with van der Waals surface area (Å²) in [6.45, 7) is 8.66. The fourth-order valence-corrected chi connectivity index (χ4v) is 3.83. The van der Waals surface area contributed by atoms with E-state index in [1.54, 1.807) is 0 Å². The predicted molar refractivity (Wildman–Crippen MR) is 81.2 cm³/mol. The highest BCUT2D eigenvalue weighted by Gasteiger charge is 2.20. The summed E-state index contributed by atoms with van der Waals surface area (Å²) in [6.07, 6.45) is 2.72. The number of thioether (sulfide) groups is 1. The first-order valence-electron chi connectivity index (χ1n) is 7.14. The summed E-state index contributed by atoms with van der Waals surface area (Å²) in [7, 11) is 0. The van der Waals surface area contributed by atoms with Gasteiger partial charge in [-0.05, 0) is 49.1 Å². The molecule has 1 fully saturated rings. The fourth-order valence-electron chi connectivity index (χ4n) is 2.97. The molecule has 0 radical (unpaired) electrons. The Hall–Kier alpha value is -0.470. The molecule has 1 aromatic carbocycles. The zero-order chi connectivity index (χ0) is 12.8. The van der Waals surface area contributed by atoms with Gasteiger partial charge < -0.3 is 4.90 Å². The summed E-state index contributed by atoms with van der Waals surface area (Å²) in [6, 6.07) is 10.7. The molecule has 1 aliphatic rings. The minimum atomic E-state index is 0.885. The lowest BCUT2D eigenvalue weighted by molar-refractivity contribution is 0.141. The molecule has 1 nitrogen and oxygen atoms in total. The Bertz CT molecular complexity index is 328. The van der Waals surface area contributed by atoms with E-state index in [-0.39, 0.29) is 0 Å². The molecule has 0 aliphatic carbocycles.